The third kappa shape index (κ3) is 2.41. The van der Waals surface area contributed by atoms with Crippen LogP contribution in [0.4, 0.5) is 4.39 Å². The summed E-state index contributed by atoms with van der Waals surface area (Å²) in [5.41, 5.74) is 2.20. The zero-order valence-electron chi connectivity index (χ0n) is 9.77. The fraction of sp³-hybridized carbons (Fsp3) is 0.231. The number of carbonyl (C=O) groups excluding carboxylic acids is 1. The van der Waals surface area contributed by atoms with E-state index in [1.54, 1.807) is 37.1 Å². The van der Waals surface area contributed by atoms with E-state index in [1.165, 1.54) is 12.1 Å². The van der Waals surface area contributed by atoms with Crippen molar-refractivity contribution in [2.24, 2.45) is 7.05 Å². The fourth-order valence-corrected chi connectivity index (χ4v) is 1.75. The first kappa shape index (κ1) is 11.5. The van der Waals surface area contributed by atoms with E-state index >= 15 is 0 Å². The summed E-state index contributed by atoms with van der Waals surface area (Å²) in [4.78, 5) is 15.9. The Labute approximate surface area is 98.9 Å². The van der Waals surface area contributed by atoms with Crippen molar-refractivity contribution in [3.05, 3.63) is 53.4 Å². The lowest BCUT2D eigenvalue weighted by atomic mass is 10.0. The molecule has 0 aliphatic carbocycles. The van der Waals surface area contributed by atoms with Gasteiger partial charge in [0.15, 0.2) is 5.78 Å². The van der Waals surface area contributed by atoms with Crippen LogP contribution < -0.4 is 0 Å². The molecule has 17 heavy (non-hydrogen) atoms. The molecule has 0 atom stereocenters. The Morgan fingerprint density at radius 2 is 2.24 bits per heavy atom. The zero-order chi connectivity index (χ0) is 12.4. The lowest BCUT2D eigenvalue weighted by Crippen LogP contribution is -2.09. The molecule has 3 nitrogen and oxygen atoms in total. The topological polar surface area (TPSA) is 34.9 Å². The summed E-state index contributed by atoms with van der Waals surface area (Å²) in [5.74, 6) is -0.293. The monoisotopic (exact) mass is 232 g/mol. The SMILES string of the molecule is Cc1cc(F)ccc1CC(=O)c1cncn1C. The molecule has 0 saturated carbocycles. The second-order valence-corrected chi connectivity index (χ2v) is 4.06. The van der Waals surface area contributed by atoms with Gasteiger partial charge in [-0.25, -0.2) is 9.37 Å². The third-order valence-electron chi connectivity index (χ3n) is 2.76. The molecular weight excluding hydrogens is 219 g/mol. The molecule has 0 amide bonds. The summed E-state index contributed by atoms with van der Waals surface area (Å²) in [6.07, 6.45) is 3.40. The van der Waals surface area contributed by atoms with Gasteiger partial charge in [-0.1, -0.05) is 6.07 Å². The van der Waals surface area contributed by atoms with Crippen LogP contribution in [0.1, 0.15) is 21.6 Å². The van der Waals surface area contributed by atoms with Crippen molar-refractivity contribution < 1.29 is 9.18 Å². The van der Waals surface area contributed by atoms with E-state index in [2.05, 4.69) is 4.98 Å². The summed E-state index contributed by atoms with van der Waals surface area (Å²) in [6, 6.07) is 4.46. The first-order chi connectivity index (χ1) is 8.08. The molecule has 0 fully saturated rings. The van der Waals surface area contributed by atoms with Crippen LogP contribution in [-0.4, -0.2) is 15.3 Å². The molecule has 0 radical (unpaired) electrons. The van der Waals surface area contributed by atoms with Crippen LogP contribution in [0.5, 0.6) is 0 Å². The van der Waals surface area contributed by atoms with E-state index in [9.17, 15) is 9.18 Å². The molecule has 0 aliphatic heterocycles. The van der Waals surface area contributed by atoms with Gasteiger partial charge in [0.1, 0.15) is 11.5 Å². The van der Waals surface area contributed by atoms with E-state index < -0.39 is 0 Å². The Morgan fingerprint density at radius 3 is 2.82 bits per heavy atom. The van der Waals surface area contributed by atoms with Gasteiger partial charge in [0.25, 0.3) is 0 Å². The van der Waals surface area contributed by atoms with Crippen molar-refractivity contribution in [3.63, 3.8) is 0 Å². The standard InChI is InChI=1S/C13H13FN2O/c1-9-5-11(14)4-3-10(9)6-13(17)12-7-15-8-16(12)2/h3-5,7-8H,6H2,1-2H3. The van der Waals surface area contributed by atoms with Crippen LogP contribution in [0.3, 0.4) is 0 Å². The minimum atomic E-state index is -0.278. The second-order valence-electron chi connectivity index (χ2n) is 4.06. The average molecular weight is 232 g/mol. The van der Waals surface area contributed by atoms with Crippen molar-refractivity contribution in [3.8, 4) is 0 Å². The van der Waals surface area contributed by atoms with Crippen LogP contribution >= 0.6 is 0 Å². The highest BCUT2D eigenvalue weighted by Gasteiger charge is 2.12. The smallest absolute Gasteiger partial charge is 0.185 e. The molecule has 1 aromatic heterocycles. The number of carbonyl (C=O) groups is 1. The van der Waals surface area contributed by atoms with Gasteiger partial charge in [-0.2, -0.15) is 0 Å². The van der Waals surface area contributed by atoms with Crippen LogP contribution in [0.2, 0.25) is 0 Å². The molecule has 0 aliphatic rings. The normalized spacial score (nSPS) is 10.5. The van der Waals surface area contributed by atoms with Crippen LogP contribution in [0.15, 0.2) is 30.7 Å². The molecule has 88 valence electrons. The Hall–Kier alpha value is -1.97. The highest BCUT2D eigenvalue weighted by Crippen LogP contribution is 2.13. The molecule has 0 N–H and O–H groups in total. The van der Waals surface area contributed by atoms with E-state index in [1.807, 2.05) is 0 Å². The number of benzene rings is 1. The highest BCUT2D eigenvalue weighted by molar-refractivity contribution is 5.96. The van der Waals surface area contributed by atoms with Crippen molar-refractivity contribution in [2.45, 2.75) is 13.3 Å². The maximum absolute atomic E-state index is 12.9. The lowest BCUT2D eigenvalue weighted by Gasteiger charge is -2.05. The molecule has 2 rings (SSSR count). The molecule has 2 aromatic rings. The summed E-state index contributed by atoms with van der Waals surface area (Å²) in [5, 5.41) is 0. The summed E-state index contributed by atoms with van der Waals surface area (Å²) < 4.78 is 14.6. The van der Waals surface area contributed by atoms with Gasteiger partial charge in [0, 0.05) is 13.5 Å². The number of hydrogen-bond donors (Lipinski definition) is 0. The van der Waals surface area contributed by atoms with Gasteiger partial charge in [-0.05, 0) is 30.2 Å². The van der Waals surface area contributed by atoms with Crippen molar-refractivity contribution in [1.29, 1.82) is 0 Å². The van der Waals surface area contributed by atoms with E-state index in [-0.39, 0.29) is 18.0 Å². The van der Waals surface area contributed by atoms with Gasteiger partial charge in [0.05, 0.1) is 12.5 Å². The summed E-state index contributed by atoms with van der Waals surface area (Å²) >= 11 is 0. The molecule has 1 heterocycles. The summed E-state index contributed by atoms with van der Waals surface area (Å²) in [6.45, 7) is 1.80. The molecule has 0 unspecified atom stereocenters. The van der Waals surface area contributed by atoms with Gasteiger partial charge >= 0.3 is 0 Å². The Balaban J connectivity index is 2.22. The third-order valence-corrected chi connectivity index (χ3v) is 2.76. The molecule has 0 bridgehead atoms. The van der Waals surface area contributed by atoms with Crippen LogP contribution in [0, 0.1) is 12.7 Å². The zero-order valence-corrected chi connectivity index (χ0v) is 9.77. The summed E-state index contributed by atoms with van der Waals surface area (Å²) in [7, 11) is 1.78. The maximum Gasteiger partial charge on any atom is 0.185 e. The minimum absolute atomic E-state index is 0.0142. The average Bonchev–Trinajstić information content (AvgIpc) is 2.68. The first-order valence-corrected chi connectivity index (χ1v) is 5.32. The Bertz CT molecular complexity index is 560. The number of hydrogen-bond acceptors (Lipinski definition) is 2. The minimum Gasteiger partial charge on any atom is -0.331 e. The van der Waals surface area contributed by atoms with Gasteiger partial charge in [0.2, 0.25) is 0 Å². The van der Waals surface area contributed by atoms with E-state index in [0.717, 1.165) is 11.1 Å². The number of nitrogens with zero attached hydrogens (tertiary/aromatic N) is 2. The number of rotatable bonds is 3. The molecule has 0 saturated heterocycles. The number of halogens is 1. The second kappa shape index (κ2) is 4.49. The fourth-order valence-electron chi connectivity index (χ4n) is 1.75. The van der Waals surface area contributed by atoms with Crippen molar-refractivity contribution in [2.75, 3.05) is 0 Å². The Morgan fingerprint density at radius 1 is 1.47 bits per heavy atom. The molecule has 4 heteroatoms. The number of imidazole rings is 1. The first-order valence-electron chi connectivity index (χ1n) is 5.32. The van der Waals surface area contributed by atoms with E-state index in [4.69, 9.17) is 0 Å². The maximum atomic E-state index is 12.9. The van der Waals surface area contributed by atoms with Gasteiger partial charge in [-0.15, -0.1) is 0 Å². The Kier molecular flexibility index (Phi) is 3.04. The number of ketones is 1. The van der Waals surface area contributed by atoms with E-state index in [0.29, 0.717) is 5.69 Å². The number of aromatic nitrogens is 2. The number of Topliss-reactive ketones (excluding diaryl/α,β-unsaturated/α-hetero) is 1. The lowest BCUT2D eigenvalue weighted by molar-refractivity contribution is 0.0985. The quantitative estimate of drug-likeness (QED) is 0.761. The van der Waals surface area contributed by atoms with Gasteiger partial charge < -0.3 is 4.57 Å². The predicted octanol–water partition coefficient (Wildman–Crippen LogP) is 2.29. The van der Waals surface area contributed by atoms with Crippen LogP contribution in [0.25, 0.3) is 0 Å². The molecular formula is C13H13FN2O. The highest BCUT2D eigenvalue weighted by atomic mass is 19.1. The van der Waals surface area contributed by atoms with Crippen molar-refractivity contribution in [1.82, 2.24) is 9.55 Å². The molecule has 0 spiro atoms. The van der Waals surface area contributed by atoms with Crippen LogP contribution in [-0.2, 0) is 13.5 Å². The predicted molar refractivity (Wildman–Crippen MR) is 62.4 cm³/mol. The largest absolute Gasteiger partial charge is 0.331 e. The number of aryl methyl sites for hydroxylation is 2. The molecule has 1 aromatic carbocycles. The van der Waals surface area contributed by atoms with Gasteiger partial charge in [-0.3, -0.25) is 4.79 Å². The van der Waals surface area contributed by atoms with Crippen molar-refractivity contribution >= 4 is 5.78 Å².